The van der Waals surface area contributed by atoms with Gasteiger partial charge in [0, 0.05) is 39.3 Å². The highest BCUT2D eigenvalue weighted by atomic mass is 16.5. The van der Waals surface area contributed by atoms with Crippen LogP contribution in [0.4, 0.5) is 0 Å². The van der Waals surface area contributed by atoms with Crippen molar-refractivity contribution in [2.24, 2.45) is 0 Å². The fraction of sp³-hybridized carbons (Fsp3) is 1.00. The Morgan fingerprint density at radius 3 is 2.79 bits per heavy atom. The Morgan fingerprint density at radius 2 is 2.29 bits per heavy atom. The molecule has 82 valence electrons. The Hall–Kier alpha value is -0.120. The molecular formula is C11H22N2O. The van der Waals surface area contributed by atoms with Gasteiger partial charge in [0.1, 0.15) is 0 Å². The summed E-state index contributed by atoms with van der Waals surface area (Å²) < 4.78 is 5.66. The highest BCUT2D eigenvalue weighted by Gasteiger charge is 2.39. The summed E-state index contributed by atoms with van der Waals surface area (Å²) in [5.41, 5.74) is 0.200. The smallest absolute Gasteiger partial charge is 0.0805 e. The summed E-state index contributed by atoms with van der Waals surface area (Å²) in [6.07, 6.45) is 3.84. The SMILES string of the molecule is COC1(CN2CCNCC2C)CCC1. The van der Waals surface area contributed by atoms with Crippen LogP contribution < -0.4 is 5.32 Å². The third-order valence-electron chi connectivity index (χ3n) is 3.83. The summed E-state index contributed by atoms with van der Waals surface area (Å²) in [4.78, 5) is 2.57. The molecule has 1 unspecified atom stereocenters. The summed E-state index contributed by atoms with van der Waals surface area (Å²) in [7, 11) is 1.87. The number of nitrogens with one attached hydrogen (secondary N) is 1. The van der Waals surface area contributed by atoms with Crippen molar-refractivity contribution in [2.45, 2.75) is 37.8 Å². The molecule has 0 aromatic carbocycles. The molecule has 0 bridgehead atoms. The number of rotatable bonds is 3. The van der Waals surface area contributed by atoms with Gasteiger partial charge in [-0.3, -0.25) is 4.90 Å². The Balaban J connectivity index is 1.88. The summed E-state index contributed by atoms with van der Waals surface area (Å²) in [5, 5.41) is 3.42. The summed E-state index contributed by atoms with van der Waals surface area (Å²) in [5.74, 6) is 0. The number of nitrogens with zero attached hydrogens (tertiary/aromatic N) is 1. The summed E-state index contributed by atoms with van der Waals surface area (Å²) in [6, 6.07) is 0.663. The highest BCUT2D eigenvalue weighted by molar-refractivity contribution is 4.94. The van der Waals surface area contributed by atoms with E-state index in [1.54, 1.807) is 0 Å². The van der Waals surface area contributed by atoms with E-state index in [2.05, 4.69) is 17.1 Å². The molecule has 14 heavy (non-hydrogen) atoms. The standard InChI is InChI=1S/C11H22N2O/c1-10-8-12-6-7-13(10)9-11(14-2)4-3-5-11/h10,12H,3-9H2,1-2H3. The normalized spacial score (nSPS) is 32.6. The van der Waals surface area contributed by atoms with Gasteiger partial charge in [-0.25, -0.2) is 0 Å². The van der Waals surface area contributed by atoms with Gasteiger partial charge in [0.2, 0.25) is 0 Å². The lowest BCUT2D eigenvalue weighted by Gasteiger charge is -2.46. The maximum Gasteiger partial charge on any atom is 0.0805 e. The predicted molar refractivity (Wildman–Crippen MR) is 57.5 cm³/mol. The first-order chi connectivity index (χ1) is 6.76. The van der Waals surface area contributed by atoms with Crippen LogP contribution in [0.1, 0.15) is 26.2 Å². The predicted octanol–water partition coefficient (Wildman–Crippen LogP) is 0.849. The fourth-order valence-corrected chi connectivity index (χ4v) is 2.49. The molecule has 1 atom stereocenters. The molecule has 2 aliphatic rings. The molecule has 1 N–H and O–H groups in total. The van der Waals surface area contributed by atoms with Gasteiger partial charge < -0.3 is 10.1 Å². The van der Waals surface area contributed by atoms with Gasteiger partial charge in [-0.15, -0.1) is 0 Å². The second kappa shape index (κ2) is 4.17. The minimum atomic E-state index is 0.200. The van der Waals surface area contributed by atoms with E-state index in [9.17, 15) is 0 Å². The maximum atomic E-state index is 5.66. The number of piperazine rings is 1. The van der Waals surface area contributed by atoms with Crippen LogP contribution in [0, 0.1) is 0 Å². The second-order valence-corrected chi connectivity index (χ2v) is 4.76. The quantitative estimate of drug-likeness (QED) is 0.727. The number of ether oxygens (including phenoxy) is 1. The van der Waals surface area contributed by atoms with Crippen molar-refractivity contribution < 1.29 is 4.74 Å². The van der Waals surface area contributed by atoms with Crippen LogP contribution in [0.25, 0.3) is 0 Å². The fourth-order valence-electron chi connectivity index (χ4n) is 2.49. The van der Waals surface area contributed by atoms with Gasteiger partial charge >= 0.3 is 0 Å². The van der Waals surface area contributed by atoms with Gasteiger partial charge in [0.25, 0.3) is 0 Å². The number of hydrogen-bond acceptors (Lipinski definition) is 3. The van der Waals surface area contributed by atoms with Crippen LogP contribution in [0.15, 0.2) is 0 Å². The van der Waals surface area contributed by atoms with Gasteiger partial charge in [0.05, 0.1) is 5.60 Å². The van der Waals surface area contributed by atoms with Crippen LogP contribution in [0.2, 0.25) is 0 Å². The average molecular weight is 198 g/mol. The third kappa shape index (κ3) is 1.95. The molecule has 3 nitrogen and oxygen atoms in total. The Morgan fingerprint density at radius 1 is 1.50 bits per heavy atom. The maximum absolute atomic E-state index is 5.66. The van der Waals surface area contributed by atoms with E-state index in [4.69, 9.17) is 4.74 Å². The van der Waals surface area contributed by atoms with Gasteiger partial charge in [-0.05, 0) is 26.2 Å². The Labute approximate surface area is 86.8 Å². The molecule has 0 radical (unpaired) electrons. The molecule has 0 spiro atoms. The van der Waals surface area contributed by atoms with E-state index in [0.717, 1.165) is 19.6 Å². The molecule has 2 rings (SSSR count). The number of hydrogen-bond donors (Lipinski definition) is 1. The zero-order valence-corrected chi connectivity index (χ0v) is 9.38. The lowest BCUT2D eigenvalue weighted by Crippen LogP contribution is -2.57. The second-order valence-electron chi connectivity index (χ2n) is 4.76. The third-order valence-corrected chi connectivity index (χ3v) is 3.83. The molecule has 1 saturated heterocycles. The van der Waals surface area contributed by atoms with E-state index in [-0.39, 0.29) is 5.60 Å². The Bertz CT molecular complexity index is 186. The summed E-state index contributed by atoms with van der Waals surface area (Å²) >= 11 is 0. The highest BCUT2D eigenvalue weighted by Crippen LogP contribution is 2.36. The van der Waals surface area contributed by atoms with Crippen LogP contribution in [0.3, 0.4) is 0 Å². The molecule has 1 saturated carbocycles. The molecule has 2 fully saturated rings. The zero-order chi connectivity index (χ0) is 10.0. The Kier molecular flexibility index (Phi) is 3.10. The van der Waals surface area contributed by atoms with Crippen molar-refractivity contribution in [3.8, 4) is 0 Å². The molecule has 0 aromatic heterocycles. The zero-order valence-electron chi connectivity index (χ0n) is 9.38. The molecule has 1 aliphatic carbocycles. The molecule has 3 heteroatoms. The average Bonchev–Trinajstić information content (AvgIpc) is 2.14. The van der Waals surface area contributed by atoms with Gasteiger partial charge in [-0.1, -0.05) is 0 Å². The minimum Gasteiger partial charge on any atom is -0.377 e. The first kappa shape index (κ1) is 10.4. The van der Waals surface area contributed by atoms with Crippen molar-refractivity contribution in [1.82, 2.24) is 10.2 Å². The minimum absolute atomic E-state index is 0.200. The lowest BCUT2D eigenvalue weighted by atomic mass is 9.79. The van der Waals surface area contributed by atoms with Crippen LogP contribution >= 0.6 is 0 Å². The molecule has 0 amide bonds. The molecule has 1 aliphatic heterocycles. The number of methoxy groups -OCH3 is 1. The van der Waals surface area contributed by atoms with Crippen LogP contribution in [-0.2, 0) is 4.74 Å². The van der Waals surface area contributed by atoms with Crippen molar-refractivity contribution in [2.75, 3.05) is 33.3 Å². The van der Waals surface area contributed by atoms with Crippen molar-refractivity contribution >= 4 is 0 Å². The van der Waals surface area contributed by atoms with Gasteiger partial charge in [-0.2, -0.15) is 0 Å². The van der Waals surface area contributed by atoms with E-state index < -0.39 is 0 Å². The molecule has 1 heterocycles. The summed E-state index contributed by atoms with van der Waals surface area (Å²) in [6.45, 7) is 6.86. The molecule has 0 aromatic rings. The van der Waals surface area contributed by atoms with Crippen molar-refractivity contribution in [3.05, 3.63) is 0 Å². The van der Waals surface area contributed by atoms with Crippen LogP contribution in [0.5, 0.6) is 0 Å². The van der Waals surface area contributed by atoms with Crippen LogP contribution in [-0.4, -0.2) is 49.8 Å². The lowest BCUT2D eigenvalue weighted by molar-refractivity contribution is -0.0982. The van der Waals surface area contributed by atoms with E-state index in [0.29, 0.717) is 6.04 Å². The van der Waals surface area contributed by atoms with Gasteiger partial charge in [0.15, 0.2) is 0 Å². The first-order valence-electron chi connectivity index (χ1n) is 5.76. The monoisotopic (exact) mass is 198 g/mol. The van der Waals surface area contributed by atoms with Crippen molar-refractivity contribution in [1.29, 1.82) is 0 Å². The van der Waals surface area contributed by atoms with E-state index in [1.807, 2.05) is 7.11 Å². The molecular weight excluding hydrogens is 176 g/mol. The topological polar surface area (TPSA) is 24.5 Å². The van der Waals surface area contributed by atoms with Crippen molar-refractivity contribution in [3.63, 3.8) is 0 Å². The van der Waals surface area contributed by atoms with E-state index >= 15 is 0 Å². The largest absolute Gasteiger partial charge is 0.377 e. The van der Waals surface area contributed by atoms with E-state index in [1.165, 1.54) is 25.8 Å². The first-order valence-corrected chi connectivity index (χ1v) is 5.76.